The number of carbonyl (C=O) groups is 1. The van der Waals surface area contributed by atoms with Crippen molar-refractivity contribution in [2.45, 2.75) is 37.2 Å². The zero-order valence-electron chi connectivity index (χ0n) is 10.6. The molecule has 0 amide bonds. The average Bonchev–Trinajstić information content (AvgIpc) is 2.28. The molecule has 1 rings (SSSR count). The lowest BCUT2D eigenvalue weighted by atomic mass is 10.0. The van der Waals surface area contributed by atoms with Crippen molar-refractivity contribution in [3.63, 3.8) is 0 Å². The van der Waals surface area contributed by atoms with Crippen molar-refractivity contribution in [2.24, 2.45) is 0 Å². The van der Waals surface area contributed by atoms with Gasteiger partial charge in [0.2, 0.25) is 5.60 Å². The molecule has 1 unspecified atom stereocenters. The van der Waals surface area contributed by atoms with Crippen molar-refractivity contribution in [3.05, 3.63) is 24.3 Å². The molecule has 0 aliphatic carbocycles. The lowest BCUT2D eigenvalue weighted by Crippen LogP contribution is -2.41. The van der Waals surface area contributed by atoms with Gasteiger partial charge in [-0.05, 0) is 25.5 Å². The third-order valence-electron chi connectivity index (χ3n) is 2.63. The number of carboxylic acid groups (broad SMARTS) is 1. The Labute approximate surface area is 116 Å². The monoisotopic (exact) mass is 306 g/mol. The van der Waals surface area contributed by atoms with Crippen LogP contribution >= 0.6 is 10.7 Å². The molecule has 19 heavy (non-hydrogen) atoms. The van der Waals surface area contributed by atoms with Crippen LogP contribution in [0.2, 0.25) is 0 Å². The first-order valence-electron chi connectivity index (χ1n) is 5.67. The molecular weight excluding hydrogens is 292 g/mol. The van der Waals surface area contributed by atoms with Gasteiger partial charge in [0.15, 0.2) is 0 Å². The van der Waals surface area contributed by atoms with E-state index in [2.05, 4.69) is 0 Å². The second-order valence-corrected chi connectivity index (χ2v) is 6.81. The fourth-order valence-electron chi connectivity index (χ4n) is 1.66. The van der Waals surface area contributed by atoms with E-state index in [1.807, 2.05) is 6.92 Å². The van der Waals surface area contributed by atoms with E-state index in [0.717, 1.165) is 0 Å². The zero-order valence-corrected chi connectivity index (χ0v) is 12.2. The summed E-state index contributed by atoms with van der Waals surface area (Å²) >= 11 is 0. The average molecular weight is 307 g/mol. The van der Waals surface area contributed by atoms with Gasteiger partial charge in [-0.2, -0.15) is 0 Å². The number of rotatable bonds is 6. The van der Waals surface area contributed by atoms with Gasteiger partial charge >= 0.3 is 5.97 Å². The van der Waals surface area contributed by atoms with Crippen LogP contribution < -0.4 is 4.74 Å². The molecule has 0 aliphatic heterocycles. The molecular formula is C12H15ClO5S. The minimum absolute atomic E-state index is 0.0594. The minimum Gasteiger partial charge on any atom is -0.478 e. The molecule has 0 fully saturated rings. The summed E-state index contributed by atoms with van der Waals surface area (Å²) in [7, 11) is 1.30. The number of aliphatic carboxylic acids is 1. The number of carboxylic acids is 1. The summed E-state index contributed by atoms with van der Waals surface area (Å²) in [6, 6.07) is 5.69. The molecule has 1 aromatic carbocycles. The highest BCUT2D eigenvalue weighted by molar-refractivity contribution is 8.13. The molecule has 106 valence electrons. The predicted octanol–water partition coefficient (Wildman–Crippen LogP) is 2.64. The van der Waals surface area contributed by atoms with Gasteiger partial charge in [-0.25, -0.2) is 13.2 Å². The van der Waals surface area contributed by atoms with Gasteiger partial charge in [0, 0.05) is 10.7 Å². The van der Waals surface area contributed by atoms with Gasteiger partial charge in [0.25, 0.3) is 9.05 Å². The second kappa shape index (κ2) is 5.79. The largest absolute Gasteiger partial charge is 0.478 e. The van der Waals surface area contributed by atoms with Crippen LogP contribution in [0, 0.1) is 0 Å². The Kier molecular flexibility index (Phi) is 4.81. The molecule has 5 nitrogen and oxygen atoms in total. The van der Waals surface area contributed by atoms with Gasteiger partial charge in [0.1, 0.15) is 10.6 Å². The number of hydrogen-bond acceptors (Lipinski definition) is 4. The van der Waals surface area contributed by atoms with Gasteiger partial charge in [-0.15, -0.1) is 0 Å². The normalized spacial score (nSPS) is 14.7. The van der Waals surface area contributed by atoms with E-state index in [4.69, 9.17) is 15.4 Å². The van der Waals surface area contributed by atoms with Crippen LogP contribution in [0.15, 0.2) is 29.2 Å². The Morgan fingerprint density at radius 2 is 2.00 bits per heavy atom. The van der Waals surface area contributed by atoms with E-state index in [-0.39, 0.29) is 17.1 Å². The maximum Gasteiger partial charge on any atom is 0.347 e. The molecule has 0 aliphatic rings. The van der Waals surface area contributed by atoms with Crippen molar-refractivity contribution in [1.82, 2.24) is 0 Å². The topological polar surface area (TPSA) is 80.7 Å². The van der Waals surface area contributed by atoms with Crippen LogP contribution in [0.3, 0.4) is 0 Å². The molecule has 0 aromatic heterocycles. The Hall–Kier alpha value is -1.27. The highest BCUT2D eigenvalue weighted by Crippen LogP contribution is 2.31. The smallest absolute Gasteiger partial charge is 0.347 e. The summed E-state index contributed by atoms with van der Waals surface area (Å²) in [6.07, 6.45) is 0.831. The number of halogens is 1. The van der Waals surface area contributed by atoms with Gasteiger partial charge < -0.3 is 9.84 Å². The fraction of sp³-hybridized carbons (Fsp3) is 0.417. The SMILES string of the molecule is CCCC(C)(Oc1ccccc1S(=O)(=O)Cl)C(=O)O. The molecule has 0 saturated heterocycles. The molecule has 7 heteroatoms. The second-order valence-electron chi connectivity index (χ2n) is 4.27. The molecule has 0 saturated carbocycles. The third-order valence-corrected chi connectivity index (χ3v) is 3.99. The number of hydrogen-bond donors (Lipinski definition) is 1. The zero-order chi connectivity index (χ0) is 14.7. The molecule has 0 spiro atoms. The van der Waals surface area contributed by atoms with E-state index in [1.165, 1.54) is 25.1 Å². The number of benzene rings is 1. The summed E-state index contributed by atoms with van der Waals surface area (Å²) in [5.74, 6) is -1.22. The molecule has 0 heterocycles. The third kappa shape index (κ3) is 3.84. The van der Waals surface area contributed by atoms with Crippen molar-refractivity contribution in [1.29, 1.82) is 0 Å². The summed E-state index contributed by atoms with van der Waals surface area (Å²) < 4.78 is 28.2. The van der Waals surface area contributed by atoms with Crippen LogP contribution in [0.5, 0.6) is 5.75 Å². The van der Waals surface area contributed by atoms with E-state index in [1.54, 1.807) is 6.07 Å². The maximum atomic E-state index is 11.4. The summed E-state index contributed by atoms with van der Waals surface area (Å²) in [4.78, 5) is 11.0. The molecule has 0 bridgehead atoms. The van der Waals surface area contributed by atoms with Crippen molar-refractivity contribution in [3.8, 4) is 5.75 Å². The minimum atomic E-state index is -3.99. The van der Waals surface area contributed by atoms with Crippen LogP contribution in [-0.4, -0.2) is 25.1 Å². The van der Waals surface area contributed by atoms with E-state index >= 15 is 0 Å². The van der Waals surface area contributed by atoms with Crippen LogP contribution in [0.25, 0.3) is 0 Å². The van der Waals surface area contributed by atoms with Crippen LogP contribution in [0.1, 0.15) is 26.7 Å². The maximum absolute atomic E-state index is 11.4. The highest BCUT2D eigenvalue weighted by Gasteiger charge is 2.36. The first kappa shape index (κ1) is 15.8. The van der Waals surface area contributed by atoms with E-state index in [0.29, 0.717) is 6.42 Å². The first-order chi connectivity index (χ1) is 8.70. The summed E-state index contributed by atoms with van der Waals surface area (Å²) in [5, 5.41) is 9.21. The Morgan fingerprint density at radius 3 is 2.47 bits per heavy atom. The molecule has 1 aromatic rings. The van der Waals surface area contributed by atoms with Crippen LogP contribution in [-0.2, 0) is 13.8 Å². The Balaban J connectivity index is 3.22. The predicted molar refractivity (Wildman–Crippen MR) is 71.1 cm³/mol. The van der Waals surface area contributed by atoms with Crippen LogP contribution in [0.4, 0.5) is 0 Å². The first-order valence-corrected chi connectivity index (χ1v) is 7.98. The Morgan fingerprint density at radius 1 is 1.42 bits per heavy atom. The van der Waals surface area contributed by atoms with E-state index < -0.39 is 20.6 Å². The lowest BCUT2D eigenvalue weighted by molar-refractivity contribution is -0.154. The molecule has 1 atom stereocenters. The van der Waals surface area contributed by atoms with Crippen molar-refractivity contribution >= 4 is 25.7 Å². The van der Waals surface area contributed by atoms with Gasteiger partial charge in [-0.3, -0.25) is 0 Å². The number of ether oxygens (including phenoxy) is 1. The fourth-order valence-corrected chi connectivity index (χ4v) is 2.63. The molecule has 0 radical (unpaired) electrons. The quantitative estimate of drug-likeness (QED) is 0.817. The standard InChI is InChI=1S/C12H15ClO5S/c1-3-8-12(2,11(14)15)18-9-6-4-5-7-10(9)19(13,16)17/h4-7H,3,8H2,1-2H3,(H,14,15). The summed E-state index contributed by atoms with van der Waals surface area (Å²) in [6.45, 7) is 3.21. The molecule has 1 N–H and O–H groups in total. The van der Waals surface area contributed by atoms with Gasteiger partial charge in [-0.1, -0.05) is 25.5 Å². The van der Waals surface area contributed by atoms with E-state index in [9.17, 15) is 18.3 Å². The van der Waals surface area contributed by atoms with Crippen molar-refractivity contribution in [2.75, 3.05) is 0 Å². The van der Waals surface area contributed by atoms with Crippen molar-refractivity contribution < 1.29 is 23.1 Å². The number of para-hydroxylation sites is 1. The summed E-state index contributed by atoms with van der Waals surface area (Å²) in [5.41, 5.74) is -1.49. The van der Waals surface area contributed by atoms with Gasteiger partial charge in [0.05, 0.1) is 0 Å². The lowest BCUT2D eigenvalue weighted by Gasteiger charge is -2.26. The Bertz CT molecular complexity index is 569. The highest BCUT2D eigenvalue weighted by atomic mass is 35.7.